The number of carbonyl (C=O) groups is 3. The van der Waals surface area contributed by atoms with Crippen molar-refractivity contribution in [2.24, 2.45) is 0 Å². The number of amides is 3. The fourth-order valence-electron chi connectivity index (χ4n) is 3.47. The molecule has 0 aliphatic carbocycles. The molecule has 1 aliphatic rings. The number of aryl methyl sites for hydroxylation is 1. The van der Waals surface area contributed by atoms with Crippen LogP contribution in [0, 0.1) is 17.0 Å². The Morgan fingerprint density at radius 3 is 2.82 bits per heavy atom. The highest BCUT2D eigenvalue weighted by Gasteiger charge is 2.34. The molecule has 0 atom stereocenters. The van der Waals surface area contributed by atoms with Gasteiger partial charge in [0.05, 0.1) is 22.5 Å². The number of nitro benzene ring substituents is 1. The molecule has 0 spiro atoms. The van der Waals surface area contributed by atoms with Crippen LogP contribution in [0.25, 0.3) is 17.0 Å². The highest BCUT2D eigenvalue weighted by atomic mass is 35.5. The van der Waals surface area contributed by atoms with Gasteiger partial charge in [-0.2, -0.15) is 0 Å². The van der Waals surface area contributed by atoms with Gasteiger partial charge >= 0.3 is 0 Å². The van der Waals surface area contributed by atoms with Gasteiger partial charge in [0.25, 0.3) is 16.8 Å². The van der Waals surface area contributed by atoms with Gasteiger partial charge in [0.15, 0.2) is 0 Å². The van der Waals surface area contributed by atoms with Gasteiger partial charge in [0.2, 0.25) is 5.91 Å². The van der Waals surface area contributed by atoms with Crippen molar-refractivity contribution in [2.45, 2.75) is 13.3 Å². The zero-order chi connectivity index (χ0) is 24.4. The van der Waals surface area contributed by atoms with Crippen molar-refractivity contribution in [3.63, 3.8) is 0 Å². The Kier molecular flexibility index (Phi) is 6.71. The van der Waals surface area contributed by atoms with E-state index in [0.717, 1.165) is 33.2 Å². The Balaban J connectivity index is 1.35. The predicted octanol–water partition coefficient (Wildman–Crippen LogP) is 4.70. The number of nitrogens with one attached hydrogen (secondary N) is 1. The normalized spacial score (nSPS) is 14.9. The molecule has 3 amide bonds. The summed E-state index contributed by atoms with van der Waals surface area (Å²) in [5.74, 6) is -0.794. The first kappa shape index (κ1) is 23.5. The molecule has 3 aromatic rings. The lowest BCUT2D eigenvalue weighted by Crippen LogP contribution is -2.37. The zero-order valence-electron chi connectivity index (χ0n) is 17.9. The lowest BCUT2D eigenvalue weighted by molar-refractivity contribution is -0.384. The molecule has 4 rings (SSSR count). The first-order valence-corrected chi connectivity index (χ1v) is 11.3. The number of benzene rings is 2. The minimum absolute atomic E-state index is 0.000157. The Morgan fingerprint density at radius 1 is 1.26 bits per heavy atom. The number of halogens is 1. The number of hydrogen-bond donors (Lipinski definition) is 1. The van der Waals surface area contributed by atoms with Gasteiger partial charge in [0.1, 0.15) is 10.6 Å². The van der Waals surface area contributed by atoms with E-state index >= 15 is 0 Å². The molecule has 1 saturated heterocycles. The van der Waals surface area contributed by atoms with Crippen molar-refractivity contribution in [1.29, 1.82) is 0 Å². The van der Waals surface area contributed by atoms with E-state index < -0.39 is 16.1 Å². The first-order chi connectivity index (χ1) is 16.2. The molecule has 1 fully saturated rings. The van der Waals surface area contributed by atoms with Crippen LogP contribution in [0.2, 0.25) is 5.02 Å². The smallest absolute Gasteiger partial charge is 0.293 e. The zero-order valence-corrected chi connectivity index (χ0v) is 19.4. The predicted molar refractivity (Wildman–Crippen MR) is 128 cm³/mol. The van der Waals surface area contributed by atoms with Crippen molar-refractivity contribution >= 4 is 63.1 Å². The minimum Gasteiger partial charge on any atom is -0.464 e. The van der Waals surface area contributed by atoms with Crippen molar-refractivity contribution in [3.05, 3.63) is 79.4 Å². The molecule has 34 heavy (non-hydrogen) atoms. The summed E-state index contributed by atoms with van der Waals surface area (Å²) < 4.78 is 5.50. The van der Waals surface area contributed by atoms with E-state index in [0.29, 0.717) is 11.1 Å². The molecule has 2 heterocycles. The van der Waals surface area contributed by atoms with Crippen LogP contribution in [0.15, 0.2) is 52.0 Å². The molecule has 0 saturated carbocycles. The third-order valence-corrected chi connectivity index (χ3v) is 6.39. The largest absolute Gasteiger partial charge is 0.464 e. The molecule has 1 N–H and O–H groups in total. The summed E-state index contributed by atoms with van der Waals surface area (Å²) in [6.45, 7) is 2.04. The van der Waals surface area contributed by atoms with Crippen molar-refractivity contribution in [3.8, 4) is 0 Å². The second-order valence-corrected chi connectivity index (χ2v) is 8.99. The van der Waals surface area contributed by atoms with Gasteiger partial charge in [-0.1, -0.05) is 29.8 Å². The fraction of sp³-hybridized carbons (Fsp3) is 0.174. The van der Waals surface area contributed by atoms with Crippen molar-refractivity contribution in [2.75, 3.05) is 13.1 Å². The van der Waals surface area contributed by atoms with Crippen LogP contribution in [0.5, 0.6) is 0 Å². The maximum atomic E-state index is 12.6. The maximum absolute atomic E-state index is 12.6. The molecule has 174 valence electrons. The van der Waals surface area contributed by atoms with E-state index in [2.05, 4.69) is 5.32 Å². The van der Waals surface area contributed by atoms with Gasteiger partial charge in [-0.05, 0) is 48.0 Å². The second-order valence-electron chi connectivity index (χ2n) is 7.59. The minimum atomic E-state index is -0.624. The summed E-state index contributed by atoms with van der Waals surface area (Å²) in [6, 6.07) is 9.84. The van der Waals surface area contributed by atoms with Crippen LogP contribution in [-0.4, -0.2) is 40.0 Å². The monoisotopic (exact) mass is 499 g/mol. The summed E-state index contributed by atoms with van der Waals surface area (Å²) >= 11 is 6.54. The molecular weight excluding hydrogens is 482 g/mol. The average Bonchev–Trinajstić information content (AvgIpc) is 3.29. The van der Waals surface area contributed by atoms with Gasteiger partial charge in [-0.15, -0.1) is 0 Å². The Morgan fingerprint density at radius 2 is 2.06 bits per heavy atom. The van der Waals surface area contributed by atoms with Crippen LogP contribution in [-0.2, 0) is 16.0 Å². The summed E-state index contributed by atoms with van der Waals surface area (Å²) in [6.07, 6.45) is 3.05. The number of carbonyl (C=O) groups excluding carboxylic acids is 3. The average molecular weight is 500 g/mol. The van der Waals surface area contributed by atoms with Gasteiger partial charge in [-0.3, -0.25) is 29.4 Å². The molecule has 1 aliphatic heterocycles. The third kappa shape index (κ3) is 4.97. The van der Waals surface area contributed by atoms with Crippen LogP contribution in [0.4, 0.5) is 10.5 Å². The SMILES string of the molecule is Cc1ccc2c(CC(=O)NCCN3C(=O)S/C(=C\c4ccc(Cl)c([N+](=O)[O-])c4)C3=O)coc2c1. The van der Waals surface area contributed by atoms with E-state index in [-0.39, 0.29) is 41.0 Å². The van der Waals surface area contributed by atoms with Gasteiger partial charge in [0, 0.05) is 30.1 Å². The Hall–Kier alpha value is -3.63. The van der Waals surface area contributed by atoms with Crippen LogP contribution >= 0.6 is 23.4 Å². The van der Waals surface area contributed by atoms with E-state index in [9.17, 15) is 24.5 Å². The number of nitro groups is 1. The van der Waals surface area contributed by atoms with E-state index in [1.165, 1.54) is 24.3 Å². The lowest BCUT2D eigenvalue weighted by Gasteiger charge is -2.12. The summed E-state index contributed by atoms with van der Waals surface area (Å²) in [5, 5.41) is 14.1. The van der Waals surface area contributed by atoms with Crippen LogP contribution in [0.1, 0.15) is 16.7 Å². The number of furan rings is 1. The molecule has 0 radical (unpaired) electrons. The Labute approximate surface area is 202 Å². The van der Waals surface area contributed by atoms with Crippen molar-refractivity contribution < 1.29 is 23.7 Å². The molecule has 2 aromatic carbocycles. The molecule has 1 aromatic heterocycles. The van der Waals surface area contributed by atoms with E-state index in [4.69, 9.17) is 16.0 Å². The molecule has 0 bridgehead atoms. The molecular formula is C23H18ClN3O6S. The lowest BCUT2D eigenvalue weighted by atomic mass is 10.1. The maximum Gasteiger partial charge on any atom is 0.293 e. The Bertz CT molecular complexity index is 1370. The topological polar surface area (TPSA) is 123 Å². The third-order valence-electron chi connectivity index (χ3n) is 5.16. The van der Waals surface area contributed by atoms with Crippen LogP contribution in [0.3, 0.4) is 0 Å². The molecule has 11 heteroatoms. The summed E-state index contributed by atoms with van der Waals surface area (Å²) in [4.78, 5) is 48.9. The number of hydrogen-bond acceptors (Lipinski definition) is 7. The number of thioether (sulfide) groups is 1. The fourth-order valence-corrected chi connectivity index (χ4v) is 4.53. The van der Waals surface area contributed by atoms with Gasteiger partial charge in [-0.25, -0.2) is 0 Å². The number of rotatable bonds is 7. The quantitative estimate of drug-likeness (QED) is 0.284. The summed E-state index contributed by atoms with van der Waals surface area (Å²) in [7, 11) is 0. The molecule has 0 unspecified atom stereocenters. The molecule has 9 nitrogen and oxygen atoms in total. The highest BCUT2D eigenvalue weighted by Crippen LogP contribution is 2.33. The van der Waals surface area contributed by atoms with E-state index in [1.54, 1.807) is 6.26 Å². The standard InChI is InChI=1S/C23H18ClN3O6S/c1-13-2-4-16-15(12-33-19(16)8-13)11-21(28)25-6-7-26-22(29)20(34-23(26)30)10-14-3-5-17(24)18(9-14)27(31)32/h2-5,8-10,12H,6-7,11H2,1H3,(H,25,28)/b20-10-. The van der Waals surface area contributed by atoms with Crippen molar-refractivity contribution in [1.82, 2.24) is 10.2 Å². The number of imide groups is 1. The second kappa shape index (κ2) is 9.70. The highest BCUT2D eigenvalue weighted by molar-refractivity contribution is 8.18. The van der Waals surface area contributed by atoms with Crippen LogP contribution < -0.4 is 5.32 Å². The number of nitrogens with zero attached hydrogens (tertiary/aromatic N) is 2. The first-order valence-electron chi connectivity index (χ1n) is 10.2. The van der Waals surface area contributed by atoms with E-state index in [1.807, 2.05) is 25.1 Å². The summed E-state index contributed by atoms with van der Waals surface area (Å²) in [5.41, 5.74) is 2.59. The number of fused-ring (bicyclic) bond motifs is 1. The van der Waals surface area contributed by atoms with Gasteiger partial charge < -0.3 is 9.73 Å².